The number of allylic oxidation sites excluding steroid dienone is 7. The zero-order valence-corrected chi connectivity index (χ0v) is 42.7. The van der Waals surface area contributed by atoms with Crippen molar-refractivity contribution < 1.29 is 19.8 Å². The lowest BCUT2D eigenvalue weighted by molar-refractivity contribution is -0.131. The van der Waals surface area contributed by atoms with E-state index in [1.165, 1.54) is 46.4 Å². The molecule has 2 saturated heterocycles. The van der Waals surface area contributed by atoms with E-state index >= 15 is 0 Å². The molecule has 3 aromatic carbocycles. The lowest BCUT2D eigenvalue weighted by Crippen LogP contribution is -2.53. The summed E-state index contributed by atoms with van der Waals surface area (Å²) < 4.78 is 0. The van der Waals surface area contributed by atoms with Gasteiger partial charge < -0.3 is 31.1 Å². The van der Waals surface area contributed by atoms with Gasteiger partial charge in [-0.3, -0.25) is 14.5 Å². The van der Waals surface area contributed by atoms with Gasteiger partial charge in [0.05, 0.1) is 12.1 Å². The van der Waals surface area contributed by atoms with Gasteiger partial charge in [0, 0.05) is 75.0 Å². The van der Waals surface area contributed by atoms with Crippen LogP contribution in [0.2, 0.25) is 0 Å². The van der Waals surface area contributed by atoms with E-state index in [0.717, 1.165) is 115 Å². The molecular formula is C61H79N5O4. The Morgan fingerprint density at radius 3 is 2.30 bits per heavy atom. The van der Waals surface area contributed by atoms with Gasteiger partial charge in [0.1, 0.15) is 5.75 Å². The predicted octanol–water partition coefficient (Wildman–Crippen LogP) is 10.7. The average molecular weight is 946 g/mol. The summed E-state index contributed by atoms with van der Waals surface area (Å²) in [7, 11) is 0. The third-order valence-corrected chi connectivity index (χ3v) is 19.4. The maximum absolute atomic E-state index is 13.9. The molecule has 10 rings (SSSR count). The molecule has 70 heavy (non-hydrogen) atoms. The van der Waals surface area contributed by atoms with Crippen LogP contribution in [-0.2, 0) is 16.0 Å². The van der Waals surface area contributed by atoms with Gasteiger partial charge >= 0.3 is 0 Å². The Morgan fingerprint density at radius 2 is 1.57 bits per heavy atom. The molecule has 9 nitrogen and oxygen atoms in total. The normalized spacial score (nSPS) is 30.5. The molecule has 3 aromatic rings. The second-order valence-electron chi connectivity index (χ2n) is 23.8. The molecule has 7 atom stereocenters. The number of piperazine rings is 1. The highest BCUT2D eigenvalue weighted by molar-refractivity contribution is 6.06. The van der Waals surface area contributed by atoms with Gasteiger partial charge in [-0.2, -0.15) is 0 Å². The summed E-state index contributed by atoms with van der Waals surface area (Å²) in [5.41, 5.74) is 16.7. The Morgan fingerprint density at radius 1 is 0.843 bits per heavy atom. The standard InChI is InChI=1S/C61H79N5O4/c1-41-49-19-20-54-60(4)28-26-58(2,37-46(60)21-24-61(54,5)52(49)36-53(68)56(41)69)25-27-59(3,39-62)57(70)63-40-65-33-31-64(32-34-65)38-42-22-29-66(30-23-42)47-14-11-44(12-15-47)55-50(43-9-7-6-8-10-43)17-13-45-35-48(67)16-18-51(45)55/h6-12,14-16,18-20,35-36,42,46,50,55,67,69H,13,17,21-34,37-40,62H2,1-5H3,(H,63,70). The number of aromatic hydroxyl groups is 1. The molecule has 7 unspecified atom stereocenters. The summed E-state index contributed by atoms with van der Waals surface area (Å²) in [6, 6.07) is 26.3. The number of nitrogens with one attached hydrogen (secondary N) is 1. The Balaban J connectivity index is 0.669. The molecule has 0 aromatic heterocycles. The Hall–Kier alpha value is -4.96. The minimum absolute atomic E-state index is 0.0471. The van der Waals surface area contributed by atoms with Crippen LogP contribution in [0.15, 0.2) is 119 Å². The average Bonchev–Trinajstić information content (AvgIpc) is 3.37. The third kappa shape index (κ3) is 9.13. The van der Waals surface area contributed by atoms with E-state index < -0.39 is 5.41 Å². The molecule has 1 amide bonds. The van der Waals surface area contributed by atoms with Crippen molar-refractivity contribution in [2.24, 2.45) is 39.2 Å². The van der Waals surface area contributed by atoms with Crippen molar-refractivity contribution in [3.8, 4) is 5.75 Å². The van der Waals surface area contributed by atoms with Crippen molar-refractivity contribution in [2.75, 3.05) is 63.9 Å². The topological polar surface area (TPSA) is 122 Å². The van der Waals surface area contributed by atoms with Crippen molar-refractivity contribution >= 4 is 17.4 Å². The number of ketones is 1. The molecule has 9 heteroatoms. The molecule has 2 heterocycles. The fraction of sp³-hybridized carbons (Fsp3) is 0.541. The summed E-state index contributed by atoms with van der Waals surface area (Å²) in [5, 5.41) is 24.1. The number of aliphatic hydroxyl groups is 1. The summed E-state index contributed by atoms with van der Waals surface area (Å²) in [6.45, 7) is 19.3. The number of phenols is 1. The summed E-state index contributed by atoms with van der Waals surface area (Å²) in [4.78, 5) is 34.3. The molecule has 372 valence electrons. The van der Waals surface area contributed by atoms with Crippen LogP contribution in [0.25, 0.3) is 0 Å². The van der Waals surface area contributed by atoms with Gasteiger partial charge in [-0.1, -0.05) is 87.0 Å². The number of fused-ring (bicyclic) bond motifs is 6. The van der Waals surface area contributed by atoms with Crippen LogP contribution < -0.4 is 16.0 Å². The summed E-state index contributed by atoms with van der Waals surface area (Å²) in [5.74, 6) is 1.94. The third-order valence-electron chi connectivity index (χ3n) is 19.4. The number of carbonyl (C=O) groups excluding carboxylic acids is 2. The number of phenolic OH excluding ortho intramolecular Hbond substituents is 1. The van der Waals surface area contributed by atoms with Gasteiger partial charge in [-0.15, -0.1) is 0 Å². The van der Waals surface area contributed by atoms with Crippen molar-refractivity contribution in [1.82, 2.24) is 15.1 Å². The molecule has 0 radical (unpaired) electrons. The quantitative estimate of drug-likeness (QED) is 0.142. The highest BCUT2D eigenvalue weighted by atomic mass is 16.3. The molecule has 7 aliphatic rings. The fourth-order valence-electron chi connectivity index (χ4n) is 14.5. The Bertz CT molecular complexity index is 2580. The lowest BCUT2D eigenvalue weighted by Gasteiger charge is -2.59. The lowest BCUT2D eigenvalue weighted by atomic mass is 9.45. The number of benzene rings is 3. The number of amides is 1. The van der Waals surface area contributed by atoms with Crippen molar-refractivity contribution in [3.05, 3.63) is 141 Å². The van der Waals surface area contributed by atoms with E-state index in [1.807, 2.05) is 19.1 Å². The fourth-order valence-corrected chi connectivity index (χ4v) is 14.5. The largest absolute Gasteiger partial charge is 0.508 e. The Kier molecular flexibility index (Phi) is 13.4. The number of aryl methyl sites for hydroxylation is 1. The van der Waals surface area contributed by atoms with Crippen molar-refractivity contribution in [1.29, 1.82) is 0 Å². The number of nitrogens with two attached hydrogens (primary N) is 1. The first-order valence-electron chi connectivity index (χ1n) is 26.8. The van der Waals surface area contributed by atoms with Gasteiger partial charge in [0.25, 0.3) is 0 Å². The van der Waals surface area contributed by atoms with Gasteiger partial charge in [-0.05, 0) is 177 Å². The maximum atomic E-state index is 13.9. The summed E-state index contributed by atoms with van der Waals surface area (Å²) >= 11 is 0. The molecule has 4 fully saturated rings. The van der Waals surface area contributed by atoms with Gasteiger partial charge in [0.2, 0.25) is 11.7 Å². The van der Waals surface area contributed by atoms with Crippen LogP contribution in [0.3, 0.4) is 0 Å². The molecular weight excluding hydrogens is 867 g/mol. The molecule has 5 aliphatic carbocycles. The SMILES string of the molecule is CC1=C(O)C(=O)C=C2C1=CC=C1C2(C)CCC2CC(C)(CCC(C)(CN)C(=O)NCN3CCN(CC4CCN(c5ccc(C6c7ccc(O)cc7CCC6c6ccccc6)cc5)CC4)CC3)CCC12C. The zero-order chi connectivity index (χ0) is 49.0. The molecule has 2 saturated carbocycles. The second-order valence-corrected chi connectivity index (χ2v) is 23.8. The zero-order valence-electron chi connectivity index (χ0n) is 42.7. The van der Waals surface area contributed by atoms with E-state index in [1.54, 1.807) is 6.08 Å². The first-order chi connectivity index (χ1) is 33.6. The first kappa shape index (κ1) is 48.7. The van der Waals surface area contributed by atoms with Crippen LogP contribution in [0, 0.1) is 33.5 Å². The van der Waals surface area contributed by atoms with E-state index in [0.29, 0.717) is 42.3 Å². The van der Waals surface area contributed by atoms with E-state index in [-0.39, 0.29) is 39.6 Å². The predicted molar refractivity (Wildman–Crippen MR) is 282 cm³/mol. The smallest absolute Gasteiger partial charge is 0.228 e. The number of rotatable bonds is 12. The van der Waals surface area contributed by atoms with E-state index in [2.05, 4.69) is 121 Å². The molecule has 0 spiro atoms. The maximum Gasteiger partial charge on any atom is 0.228 e. The van der Waals surface area contributed by atoms with Crippen LogP contribution in [-0.4, -0.2) is 90.7 Å². The number of carbonyl (C=O) groups is 2. The first-order valence-corrected chi connectivity index (χ1v) is 26.8. The Labute approximate surface area is 418 Å². The minimum Gasteiger partial charge on any atom is -0.508 e. The number of piperidine rings is 1. The van der Waals surface area contributed by atoms with Crippen molar-refractivity contribution in [3.63, 3.8) is 0 Å². The number of anilines is 1. The number of hydrogen-bond donors (Lipinski definition) is 4. The van der Waals surface area contributed by atoms with Crippen LogP contribution >= 0.6 is 0 Å². The van der Waals surface area contributed by atoms with Crippen molar-refractivity contribution in [2.45, 2.75) is 117 Å². The molecule has 2 aliphatic heterocycles. The van der Waals surface area contributed by atoms with Crippen LogP contribution in [0.4, 0.5) is 5.69 Å². The van der Waals surface area contributed by atoms with Gasteiger partial charge in [-0.25, -0.2) is 0 Å². The number of aliphatic hydroxyl groups excluding tert-OH is 1. The monoisotopic (exact) mass is 946 g/mol. The number of nitrogens with zero attached hydrogens (tertiary/aromatic N) is 3. The van der Waals surface area contributed by atoms with Crippen LogP contribution in [0.1, 0.15) is 133 Å². The van der Waals surface area contributed by atoms with E-state index in [9.17, 15) is 19.8 Å². The van der Waals surface area contributed by atoms with Gasteiger partial charge in [0.15, 0.2) is 5.76 Å². The highest BCUT2D eigenvalue weighted by Gasteiger charge is 2.56. The van der Waals surface area contributed by atoms with Crippen LogP contribution in [0.5, 0.6) is 5.75 Å². The second kappa shape index (κ2) is 19.2. The summed E-state index contributed by atoms with van der Waals surface area (Å²) in [6.07, 6.45) is 17.8. The highest BCUT2D eigenvalue weighted by Crippen LogP contribution is 2.67. The van der Waals surface area contributed by atoms with E-state index in [4.69, 9.17) is 5.73 Å². The molecule has 0 bridgehead atoms. The molecule has 5 N–H and O–H groups in total. The minimum atomic E-state index is -0.615. The number of hydrogen-bond acceptors (Lipinski definition) is 8.